The summed E-state index contributed by atoms with van der Waals surface area (Å²) in [6, 6.07) is 13.2. The molecule has 0 aliphatic carbocycles. The Labute approximate surface area is 187 Å². The molecule has 1 aromatic heterocycles. The van der Waals surface area contributed by atoms with Crippen LogP contribution in [0.2, 0.25) is 0 Å². The molecule has 2 aromatic carbocycles. The van der Waals surface area contributed by atoms with Crippen LogP contribution >= 0.6 is 0 Å². The highest BCUT2D eigenvalue weighted by molar-refractivity contribution is 6.03. The zero-order chi connectivity index (χ0) is 22.5. The Kier molecular flexibility index (Phi) is 6.49. The van der Waals surface area contributed by atoms with Gasteiger partial charge in [-0.2, -0.15) is 5.10 Å². The van der Waals surface area contributed by atoms with E-state index >= 15 is 0 Å². The minimum Gasteiger partial charge on any atom is -0.497 e. The summed E-state index contributed by atoms with van der Waals surface area (Å²) in [6.07, 6.45) is 3.78. The van der Waals surface area contributed by atoms with E-state index in [2.05, 4.69) is 50.0 Å². The second kappa shape index (κ2) is 9.64. The number of methoxy groups -OCH3 is 2. The maximum absolute atomic E-state index is 12.7. The van der Waals surface area contributed by atoms with Crippen molar-refractivity contribution in [2.24, 2.45) is 0 Å². The van der Waals surface area contributed by atoms with E-state index in [9.17, 15) is 4.79 Å². The van der Waals surface area contributed by atoms with Crippen LogP contribution in [0.25, 0.3) is 11.3 Å². The van der Waals surface area contributed by atoms with Crippen LogP contribution in [0.1, 0.15) is 25.0 Å². The number of nitrogens with zero attached hydrogens (tertiary/aromatic N) is 2. The Morgan fingerprint density at radius 1 is 1.00 bits per heavy atom. The molecule has 2 amide bonds. The first-order chi connectivity index (χ1) is 15.6. The number of ether oxygens (including phenoxy) is 2. The van der Waals surface area contributed by atoms with E-state index in [0.717, 1.165) is 24.3 Å². The second-order valence-corrected chi connectivity index (χ2v) is 7.81. The molecule has 0 saturated carbocycles. The predicted octanol–water partition coefficient (Wildman–Crippen LogP) is 5.04. The molecule has 0 atom stereocenters. The lowest BCUT2D eigenvalue weighted by atomic mass is 10.1. The minimum absolute atomic E-state index is 0.385. The Morgan fingerprint density at radius 2 is 1.75 bits per heavy atom. The third-order valence-corrected chi connectivity index (χ3v) is 5.70. The van der Waals surface area contributed by atoms with Gasteiger partial charge in [-0.25, -0.2) is 4.79 Å². The van der Waals surface area contributed by atoms with Crippen molar-refractivity contribution in [3.8, 4) is 22.8 Å². The normalized spacial score (nSPS) is 13.5. The number of piperidine rings is 1. The topological polar surface area (TPSA) is 91.5 Å². The van der Waals surface area contributed by atoms with Crippen molar-refractivity contribution in [1.82, 2.24) is 10.2 Å². The molecule has 0 radical (unpaired) electrons. The fraction of sp³-hybridized carbons (Fsp3) is 0.333. The summed E-state index contributed by atoms with van der Waals surface area (Å²) in [5.41, 5.74) is 4.81. The summed E-state index contributed by atoms with van der Waals surface area (Å²) in [5.74, 6) is 1.16. The first kappa shape index (κ1) is 21.5. The number of aryl methyl sites for hydroxylation is 1. The number of benzene rings is 2. The lowest BCUT2D eigenvalue weighted by molar-refractivity contribution is 0.262. The number of hydrogen-bond acceptors (Lipinski definition) is 5. The summed E-state index contributed by atoms with van der Waals surface area (Å²) in [6.45, 7) is 4.08. The number of nitrogens with one attached hydrogen (secondary N) is 3. The maximum atomic E-state index is 12.7. The van der Waals surface area contributed by atoms with Gasteiger partial charge in [0.15, 0.2) is 0 Å². The number of rotatable bonds is 6. The Hall–Kier alpha value is -3.68. The summed E-state index contributed by atoms with van der Waals surface area (Å²) in [7, 11) is 3.13. The molecule has 168 valence electrons. The SMILES string of the molecule is COc1ccc(NC(=O)Nc2c(-c3ccc(N4CCCCC4)cc3)n[nH]c2C)c(OC)c1. The van der Waals surface area contributed by atoms with E-state index in [4.69, 9.17) is 9.47 Å². The summed E-state index contributed by atoms with van der Waals surface area (Å²) in [5, 5.41) is 13.2. The smallest absolute Gasteiger partial charge is 0.323 e. The molecule has 0 spiro atoms. The fourth-order valence-corrected chi connectivity index (χ4v) is 3.94. The monoisotopic (exact) mass is 435 g/mol. The van der Waals surface area contributed by atoms with Crippen molar-refractivity contribution in [1.29, 1.82) is 0 Å². The van der Waals surface area contributed by atoms with Crippen LogP contribution < -0.4 is 25.0 Å². The molecular weight excluding hydrogens is 406 g/mol. The van der Waals surface area contributed by atoms with Crippen LogP contribution in [0.5, 0.6) is 11.5 Å². The zero-order valence-electron chi connectivity index (χ0n) is 18.7. The van der Waals surface area contributed by atoms with Gasteiger partial charge < -0.3 is 25.0 Å². The van der Waals surface area contributed by atoms with Gasteiger partial charge in [0.25, 0.3) is 0 Å². The minimum atomic E-state index is -0.385. The first-order valence-electron chi connectivity index (χ1n) is 10.8. The van der Waals surface area contributed by atoms with E-state index in [1.807, 2.05) is 6.92 Å². The first-order valence-corrected chi connectivity index (χ1v) is 10.8. The molecule has 1 aliphatic heterocycles. The van der Waals surface area contributed by atoms with Gasteiger partial charge in [0.1, 0.15) is 17.2 Å². The van der Waals surface area contributed by atoms with Crippen molar-refractivity contribution in [3.05, 3.63) is 48.2 Å². The number of H-pyrrole nitrogens is 1. The van der Waals surface area contributed by atoms with E-state index < -0.39 is 0 Å². The number of aromatic nitrogens is 2. The summed E-state index contributed by atoms with van der Waals surface area (Å²) in [4.78, 5) is 15.2. The third kappa shape index (κ3) is 4.64. The molecule has 3 N–H and O–H groups in total. The van der Waals surface area contributed by atoms with Gasteiger partial charge in [0.05, 0.1) is 31.3 Å². The van der Waals surface area contributed by atoms with Crippen molar-refractivity contribution in [2.45, 2.75) is 26.2 Å². The number of urea groups is 1. The zero-order valence-corrected chi connectivity index (χ0v) is 18.7. The lowest BCUT2D eigenvalue weighted by Gasteiger charge is -2.28. The summed E-state index contributed by atoms with van der Waals surface area (Å²) >= 11 is 0. The molecule has 4 rings (SSSR count). The molecule has 8 heteroatoms. The van der Waals surface area contributed by atoms with E-state index in [1.54, 1.807) is 32.4 Å². The van der Waals surface area contributed by atoms with Crippen molar-refractivity contribution >= 4 is 23.1 Å². The largest absolute Gasteiger partial charge is 0.497 e. The number of amides is 2. The fourth-order valence-electron chi connectivity index (χ4n) is 3.94. The van der Waals surface area contributed by atoms with Gasteiger partial charge >= 0.3 is 6.03 Å². The highest BCUT2D eigenvalue weighted by atomic mass is 16.5. The van der Waals surface area contributed by atoms with Crippen molar-refractivity contribution in [2.75, 3.05) is 42.8 Å². The number of anilines is 3. The lowest BCUT2D eigenvalue weighted by Crippen LogP contribution is -2.29. The van der Waals surface area contributed by atoms with Gasteiger partial charge in [-0.15, -0.1) is 0 Å². The van der Waals surface area contributed by atoms with E-state index in [1.165, 1.54) is 24.9 Å². The van der Waals surface area contributed by atoms with Crippen LogP contribution in [-0.2, 0) is 0 Å². The van der Waals surface area contributed by atoms with Gasteiger partial charge in [0.2, 0.25) is 0 Å². The van der Waals surface area contributed by atoms with E-state index in [-0.39, 0.29) is 6.03 Å². The van der Waals surface area contributed by atoms with E-state index in [0.29, 0.717) is 28.6 Å². The maximum Gasteiger partial charge on any atom is 0.323 e. The molecule has 3 aromatic rings. The van der Waals surface area contributed by atoms with Crippen LogP contribution in [0, 0.1) is 6.92 Å². The Morgan fingerprint density at radius 3 is 2.44 bits per heavy atom. The number of aromatic amines is 1. The van der Waals surface area contributed by atoms with Gasteiger partial charge in [0, 0.05) is 30.4 Å². The third-order valence-electron chi connectivity index (χ3n) is 5.70. The van der Waals surface area contributed by atoms with Crippen molar-refractivity contribution < 1.29 is 14.3 Å². The van der Waals surface area contributed by atoms with Crippen LogP contribution in [0.3, 0.4) is 0 Å². The van der Waals surface area contributed by atoms with Crippen LogP contribution in [-0.4, -0.2) is 43.5 Å². The number of carbonyl (C=O) groups excluding carboxylic acids is 1. The highest BCUT2D eigenvalue weighted by Gasteiger charge is 2.17. The molecule has 1 aliphatic rings. The number of carbonyl (C=O) groups is 1. The average molecular weight is 436 g/mol. The van der Waals surface area contributed by atoms with Crippen LogP contribution in [0.15, 0.2) is 42.5 Å². The molecule has 8 nitrogen and oxygen atoms in total. The van der Waals surface area contributed by atoms with Gasteiger partial charge in [-0.3, -0.25) is 5.10 Å². The molecule has 1 fully saturated rings. The Balaban J connectivity index is 1.50. The average Bonchev–Trinajstić information content (AvgIpc) is 3.19. The standard InChI is InChI=1S/C24H29N5O3/c1-16-22(26-24(30)25-20-12-11-19(31-2)15-21(20)32-3)23(28-27-16)17-7-9-18(10-8-17)29-13-5-4-6-14-29/h7-12,15H,4-6,13-14H2,1-3H3,(H,27,28)(H2,25,26,30). The molecular formula is C24H29N5O3. The highest BCUT2D eigenvalue weighted by Crippen LogP contribution is 2.32. The predicted molar refractivity (Wildman–Crippen MR) is 127 cm³/mol. The second-order valence-electron chi connectivity index (χ2n) is 7.81. The van der Waals surface area contributed by atoms with Gasteiger partial charge in [-0.1, -0.05) is 12.1 Å². The molecule has 0 unspecified atom stereocenters. The quantitative estimate of drug-likeness (QED) is 0.505. The molecule has 32 heavy (non-hydrogen) atoms. The molecule has 1 saturated heterocycles. The Bertz CT molecular complexity index is 1070. The number of hydrogen-bond donors (Lipinski definition) is 3. The molecule has 2 heterocycles. The molecule has 0 bridgehead atoms. The van der Waals surface area contributed by atoms with Crippen LogP contribution in [0.4, 0.5) is 21.9 Å². The van der Waals surface area contributed by atoms with Gasteiger partial charge in [-0.05, 0) is 50.5 Å². The van der Waals surface area contributed by atoms with Crippen molar-refractivity contribution in [3.63, 3.8) is 0 Å². The summed E-state index contributed by atoms with van der Waals surface area (Å²) < 4.78 is 10.6.